The maximum absolute atomic E-state index is 11.9. The van der Waals surface area contributed by atoms with Crippen LogP contribution in [0.3, 0.4) is 0 Å². The molecular formula is C22H28ClN5O3. The van der Waals surface area contributed by atoms with E-state index in [2.05, 4.69) is 31.9 Å². The van der Waals surface area contributed by atoms with Gasteiger partial charge in [-0.3, -0.25) is 9.80 Å². The van der Waals surface area contributed by atoms with Gasteiger partial charge in [0.2, 0.25) is 5.95 Å². The van der Waals surface area contributed by atoms with Crippen LogP contribution < -0.4 is 4.90 Å². The van der Waals surface area contributed by atoms with Crippen molar-refractivity contribution in [3.63, 3.8) is 0 Å². The number of hydrogen-bond acceptors (Lipinski definition) is 8. The van der Waals surface area contributed by atoms with Crippen molar-refractivity contribution in [3.05, 3.63) is 52.3 Å². The number of hydrogen-bond donors (Lipinski definition) is 1. The molecule has 2 saturated heterocycles. The number of rotatable bonds is 5. The van der Waals surface area contributed by atoms with Crippen LogP contribution in [0.1, 0.15) is 21.7 Å². The molecule has 8 nitrogen and oxygen atoms in total. The number of carbonyl (C=O) groups is 1. The summed E-state index contributed by atoms with van der Waals surface area (Å²) in [5, 5.41) is 11.5. The van der Waals surface area contributed by atoms with Gasteiger partial charge in [-0.25, -0.2) is 14.8 Å². The molecule has 0 radical (unpaired) electrons. The van der Waals surface area contributed by atoms with Gasteiger partial charge < -0.3 is 14.7 Å². The summed E-state index contributed by atoms with van der Waals surface area (Å²) >= 11 is 5.98. The van der Waals surface area contributed by atoms with Gasteiger partial charge in [0, 0.05) is 56.5 Å². The Morgan fingerprint density at radius 3 is 2.55 bits per heavy atom. The van der Waals surface area contributed by atoms with Crippen LogP contribution in [0.25, 0.3) is 0 Å². The van der Waals surface area contributed by atoms with Gasteiger partial charge in [0.05, 0.1) is 19.3 Å². The SMILES string of the molecule is COC(=O)c1cc(C)nc(N2C[C@@H](O)[C@H](N3CCN(Cc4ccc(Cl)cc4)CC3)C2)n1. The lowest BCUT2D eigenvalue weighted by atomic mass is 10.1. The molecule has 9 heteroatoms. The molecule has 0 spiro atoms. The van der Waals surface area contributed by atoms with E-state index in [-0.39, 0.29) is 11.7 Å². The summed E-state index contributed by atoms with van der Waals surface area (Å²) in [5.74, 6) is -0.0248. The number of aromatic nitrogens is 2. The molecule has 3 heterocycles. The van der Waals surface area contributed by atoms with Gasteiger partial charge in [0.15, 0.2) is 5.69 Å². The number of carbonyl (C=O) groups excluding carboxylic acids is 1. The monoisotopic (exact) mass is 445 g/mol. The summed E-state index contributed by atoms with van der Waals surface area (Å²) in [4.78, 5) is 27.4. The Morgan fingerprint density at radius 1 is 1.16 bits per heavy atom. The Morgan fingerprint density at radius 2 is 1.87 bits per heavy atom. The summed E-state index contributed by atoms with van der Waals surface area (Å²) in [6.45, 7) is 7.47. The number of anilines is 1. The lowest BCUT2D eigenvalue weighted by Gasteiger charge is -2.38. The number of methoxy groups -OCH3 is 1. The fourth-order valence-corrected chi connectivity index (χ4v) is 4.42. The standard InChI is InChI=1S/C22H28ClN5O3/c1-15-11-18(21(30)31-2)25-22(24-15)28-13-19(20(29)14-28)27-9-7-26(8-10-27)12-16-3-5-17(23)6-4-16/h3-6,11,19-20,29H,7-10,12-14H2,1-2H3/t19-,20-/m1/s1. The number of piperazine rings is 1. The number of β-amino-alcohol motifs (C(OH)–C–C–N with tert-alkyl or cyclic N) is 1. The third-order valence-corrected chi connectivity index (χ3v) is 6.23. The van der Waals surface area contributed by atoms with Crippen molar-refractivity contribution in [3.8, 4) is 0 Å². The fraction of sp³-hybridized carbons (Fsp3) is 0.500. The Labute approximate surface area is 187 Å². The van der Waals surface area contributed by atoms with Gasteiger partial charge in [0.1, 0.15) is 0 Å². The molecule has 0 saturated carbocycles. The molecule has 0 bridgehead atoms. The van der Waals surface area contributed by atoms with Crippen molar-refractivity contribution in [2.45, 2.75) is 25.6 Å². The summed E-state index contributed by atoms with van der Waals surface area (Å²) in [5.41, 5.74) is 2.18. The number of aliphatic hydroxyl groups is 1. The van der Waals surface area contributed by atoms with Gasteiger partial charge in [-0.2, -0.15) is 0 Å². The number of aliphatic hydroxyl groups excluding tert-OH is 1. The van der Waals surface area contributed by atoms with E-state index >= 15 is 0 Å². The zero-order valence-electron chi connectivity index (χ0n) is 17.9. The molecule has 0 aliphatic carbocycles. The van der Waals surface area contributed by atoms with Crippen LogP contribution in [0.2, 0.25) is 5.02 Å². The third-order valence-electron chi connectivity index (χ3n) is 5.97. The van der Waals surface area contributed by atoms with Gasteiger partial charge in [-0.05, 0) is 30.7 Å². The average molecular weight is 446 g/mol. The molecule has 1 aromatic heterocycles. The van der Waals surface area contributed by atoms with Gasteiger partial charge in [0.25, 0.3) is 0 Å². The molecule has 1 aromatic carbocycles. The van der Waals surface area contributed by atoms with Crippen LogP contribution in [-0.2, 0) is 11.3 Å². The quantitative estimate of drug-likeness (QED) is 0.695. The normalized spacial score (nSPS) is 22.6. The molecular weight excluding hydrogens is 418 g/mol. The molecule has 31 heavy (non-hydrogen) atoms. The maximum Gasteiger partial charge on any atom is 0.356 e. The maximum atomic E-state index is 11.9. The largest absolute Gasteiger partial charge is 0.464 e. The summed E-state index contributed by atoms with van der Waals surface area (Å²) in [6.07, 6.45) is -0.492. The number of halogens is 1. The fourth-order valence-electron chi connectivity index (χ4n) is 4.30. The number of ether oxygens (including phenoxy) is 1. The molecule has 166 valence electrons. The highest BCUT2D eigenvalue weighted by Gasteiger charge is 2.38. The van der Waals surface area contributed by atoms with E-state index in [1.54, 1.807) is 6.07 Å². The molecule has 2 aliphatic heterocycles. The van der Waals surface area contributed by atoms with Crippen LogP contribution in [-0.4, -0.2) is 89.4 Å². The second-order valence-corrected chi connectivity index (χ2v) is 8.60. The van der Waals surface area contributed by atoms with E-state index in [1.807, 2.05) is 24.0 Å². The summed E-state index contributed by atoms with van der Waals surface area (Å²) in [7, 11) is 1.33. The zero-order valence-corrected chi connectivity index (χ0v) is 18.6. The van der Waals surface area contributed by atoms with Gasteiger partial charge in [-0.15, -0.1) is 0 Å². The minimum Gasteiger partial charge on any atom is -0.464 e. The molecule has 0 amide bonds. The Bertz CT molecular complexity index is 918. The van der Waals surface area contributed by atoms with Crippen LogP contribution in [0.5, 0.6) is 0 Å². The number of esters is 1. The van der Waals surface area contributed by atoms with Crippen LogP contribution in [0.4, 0.5) is 5.95 Å². The van der Waals surface area contributed by atoms with Crippen molar-refractivity contribution < 1.29 is 14.6 Å². The first-order valence-corrected chi connectivity index (χ1v) is 10.9. The van der Waals surface area contributed by atoms with Gasteiger partial charge in [-0.1, -0.05) is 23.7 Å². The lowest BCUT2D eigenvalue weighted by Crippen LogP contribution is -2.53. The molecule has 0 unspecified atom stereocenters. The van der Waals surface area contributed by atoms with Crippen molar-refractivity contribution in [2.24, 2.45) is 0 Å². The highest BCUT2D eigenvalue weighted by Crippen LogP contribution is 2.23. The number of aryl methyl sites for hydroxylation is 1. The first-order chi connectivity index (χ1) is 14.9. The molecule has 2 atom stereocenters. The predicted octanol–water partition coefficient (Wildman–Crippen LogP) is 1.59. The first-order valence-electron chi connectivity index (χ1n) is 10.5. The molecule has 2 aliphatic rings. The Balaban J connectivity index is 1.36. The molecule has 2 aromatic rings. The lowest BCUT2D eigenvalue weighted by molar-refractivity contribution is 0.0424. The van der Waals surface area contributed by atoms with E-state index in [9.17, 15) is 9.90 Å². The molecule has 1 N–H and O–H groups in total. The van der Waals surface area contributed by atoms with Crippen molar-refractivity contribution in [1.29, 1.82) is 0 Å². The summed E-state index contributed by atoms with van der Waals surface area (Å²) < 4.78 is 4.79. The van der Waals surface area contributed by atoms with E-state index in [0.717, 1.165) is 37.7 Å². The van der Waals surface area contributed by atoms with Crippen LogP contribution in [0.15, 0.2) is 30.3 Å². The zero-order chi connectivity index (χ0) is 22.0. The Hall–Kier alpha value is -2.26. The van der Waals surface area contributed by atoms with Gasteiger partial charge >= 0.3 is 5.97 Å². The van der Waals surface area contributed by atoms with E-state index in [4.69, 9.17) is 16.3 Å². The number of nitrogens with zero attached hydrogens (tertiary/aromatic N) is 5. The molecule has 4 rings (SSSR count). The van der Waals surface area contributed by atoms with Crippen LogP contribution >= 0.6 is 11.6 Å². The van der Waals surface area contributed by atoms with Crippen molar-refractivity contribution >= 4 is 23.5 Å². The van der Waals surface area contributed by atoms with Crippen molar-refractivity contribution in [2.75, 3.05) is 51.3 Å². The highest BCUT2D eigenvalue weighted by atomic mass is 35.5. The van der Waals surface area contributed by atoms with E-state index < -0.39 is 12.1 Å². The molecule has 2 fully saturated rings. The van der Waals surface area contributed by atoms with Crippen molar-refractivity contribution in [1.82, 2.24) is 19.8 Å². The Kier molecular flexibility index (Phi) is 6.71. The first kappa shape index (κ1) is 22.0. The van der Waals surface area contributed by atoms with Crippen LogP contribution in [0, 0.1) is 6.92 Å². The van der Waals surface area contributed by atoms with E-state index in [0.29, 0.717) is 24.7 Å². The highest BCUT2D eigenvalue weighted by molar-refractivity contribution is 6.30. The minimum absolute atomic E-state index is 0.0170. The van der Waals surface area contributed by atoms with E-state index in [1.165, 1.54) is 12.7 Å². The third kappa shape index (κ3) is 5.15. The average Bonchev–Trinajstić information content (AvgIpc) is 3.16. The second-order valence-electron chi connectivity index (χ2n) is 8.16. The predicted molar refractivity (Wildman–Crippen MR) is 118 cm³/mol. The second kappa shape index (κ2) is 9.48. The summed E-state index contributed by atoms with van der Waals surface area (Å²) in [6, 6.07) is 9.61. The topological polar surface area (TPSA) is 82.0 Å². The minimum atomic E-state index is -0.492. The number of benzene rings is 1. The smallest absolute Gasteiger partial charge is 0.356 e.